The van der Waals surface area contributed by atoms with Crippen molar-refractivity contribution in [2.75, 3.05) is 13.7 Å². The highest BCUT2D eigenvalue weighted by Crippen LogP contribution is 2.17. The minimum absolute atomic E-state index is 0.0209. The van der Waals surface area contributed by atoms with E-state index in [1.54, 1.807) is 0 Å². The van der Waals surface area contributed by atoms with Gasteiger partial charge in [-0.2, -0.15) is 0 Å². The van der Waals surface area contributed by atoms with Crippen LogP contribution in [0.3, 0.4) is 0 Å². The fourth-order valence-corrected chi connectivity index (χ4v) is 1.82. The van der Waals surface area contributed by atoms with Crippen molar-refractivity contribution >= 4 is 5.97 Å². The first-order valence-corrected chi connectivity index (χ1v) is 5.59. The van der Waals surface area contributed by atoms with Gasteiger partial charge in [0.1, 0.15) is 6.04 Å². The second-order valence-electron chi connectivity index (χ2n) is 4.09. The second-order valence-corrected chi connectivity index (χ2v) is 4.09. The van der Waals surface area contributed by atoms with Gasteiger partial charge in [-0.15, -0.1) is 0 Å². The molecule has 1 aromatic rings. The molecule has 0 saturated heterocycles. The Labute approximate surface area is 102 Å². The molecule has 0 saturated carbocycles. The number of methoxy groups -OCH3 is 1. The van der Waals surface area contributed by atoms with Crippen LogP contribution < -0.4 is 5.32 Å². The van der Waals surface area contributed by atoms with Crippen LogP contribution >= 0.6 is 0 Å². The van der Waals surface area contributed by atoms with Gasteiger partial charge in [-0.3, -0.25) is 10.1 Å². The summed E-state index contributed by atoms with van der Waals surface area (Å²) in [5.74, 6) is -0.896. The van der Waals surface area contributed by atoms with Gasteiger partial charge in [0.15, 0.2) is 0 Å². The molecule has 94 valence electrons. The van der Waals surface area contributed by atoms with Gasteiger partial charge in [0.2, 0.25) is 0 Å². The standard InChI is InChI=1S/C13H19NO3/c1-9-6-4-5-7-11(9)10(2)14-12(8-17-3)13(15)16/h4-7,10,12,14H,8H2,1-3H3,(H,15,16). The van der Waals surface area contributed by atoms with Crippen LogP contribution in [0.5, 0.6) is 0 Å². The molecule has 0 heterocycles. The summed E-state index contributed by atoms with van der Waals surface area (Å²) in [4.78, 5) is 11.0. The topological polar surface area (TPSA) is 58.6 Å². The highest BCUT2D eigenvalue weighted by Gasteiger charge is 2.20. The molecule has 0 radical (unpaired) electrons. The number of hydrogen-bond donors (Lipinski definition) is 2. The Balaban J connectivity index is 2.73. The van der Waals surface area contributed by atoms with E-state index in [1.165, 1.54) is 7.11 Å². The molecule has 4 nitrogen and oxygen atoms in total. The molecule has 17 heavy (non-hydrogen) atoms. The zero-order chi connectivity index (χ0) is 12.8. The van der Waals surface area contributed by atoms with Crippen molar-refractivity contribution in [1.82, 2.24) is 5.32 Å². The quantitative estimate of drug-likeness (QED) is 0.791. The summed E-state index contributed by atoms with van der Waals surface area (Å²) >= 11 is 0. The first kappa shape index (κ1) is 13.7. The Morgan fingerprint density at radius 1 is 1.47 bits per heavy atom. The molecule has 2 unspecified atom stereocenters. The molecule has 4 heteroatoms. The molecule has 0 aliphatic heterocycles. The molecule has 0 aromatic heterocycles. The first-order chi connectivity index (χ1) is 8.06. The summed E-state index contributed by atoms with van der Waals surface area (Å²) in [5.41, 5.74) is 2.25. The van der Waals surface area contributed by atoms with Crippen molar-refractivity contribution in [2.45, 2.75) is 25.9 Å². The molecular weight excluding hydrogens is 218 g/mol. The lowest BCUT2D eigenvalue weighted by Crippen LogP contribution is -2.41. The Bertz CT molecular complexity index is 379. The highest BCUT2D eigenvalue weighted by atomic mass is 16.5. The largest absolute Gasteiger partial charge is 0.480 e. The van der Waals surface area contributed by atoms with Crippen molar-refractivity contribution in [3.63, 3.8) is 0 Å². The highest BCUT2D eigenvalue weighted by molar-refractivity contribution is 5.73. The van der Waals surface area contributed by atoms with E-state index in [-0.39, 0.29) is 12.6 Å². The van der Waals surface area contributed by atoms with Crippen molar-refractivity contribution in [3.05, 3.63) is 35.4 Å². The number of hydrogen-bond acceptors (Lipinski definition) is 3. The van der Waals surface area contributed by atoms with Crippen molar-refractivity contribution < 1.29 is 14.6 Å². The Morgan fingerprint density at radius 2 is 2.12 bits per heavy atom. The molecular formula is C13H19NO3. The summed E-state index contributed by atoms with van der Waals surface area (Å²) in [6.45, 7) is 4.12. The van der Waals surface area contributed by atoms with Crippen LogP contribution in [-0.2, 0) is 9.53 Å². The molecule has 1 aromatic carbocycles. The lowest BCUT2D eigenvalue weighted by Gasteiger charge is -2.21. The Kier molecular flexibility index (Phi) is 5.12. The van der Waals surface area contributed by atoms with E-state index in [2.05, 4.69) is 5.32 Å². The van der Waals surface area contributed by atoms with Crippen LogP contribution in [0.15, 0.2) is 24.3 Å². The smallest absolute Gasteiger partial charge is 0.323 e. The first-order valence-electron chi connectivity index (χ1n) is 5.59. The predicted molar refractivity (Wildman–Crippen MR) is 66.0 cm³/mol. The monoisotopic (exact) mass is 237 g/mol. The molecule has 1 rings (SSSR count). The van der Waals surface area contributed by atoms with Gasteiger partial charge in [-0.05, 0) is 25.0 Å². The van der Waals surface area contributed by atoms with Crippen LogP contribution in [-0.4, -0.2) is 30.8 Å². The number of carboxylic acid groups (broad SMARTS) is 1. The zero-order valence-electron chi connectivity index (χ0n) is 10.4. The molecule has 0 aliphatic rings. The molecule has 2 N–H and O–H groups in total. The number of aliphatic carboxylic acids is 1. The molecule has 0 spiro atoms. The van der Waals surface area contributed by atoms with Gasteiger partial charge in [-0.25, -0.2) is 0 Å². The van der Waals surface area contributed by atoms with E-state index in [0.717, 1.165) is 11.1 Å². The third kappa shape index (κ3) is 3.84. The van der Waals surface area contributed by atoms with Crippen LogP contribution in [0.1, 0.15) is 24.1 Å². The van der Waals surface area contributed by atoms with E-state index in [1.807, 2.05) is 38.1 Å². The molecule has 0 aliphatic carbocycles. The molecule has 0 fully saturated rings. The SMILES string of the molecule is COCC(NC(C)c1ccccc1C)C(=O)O. The molecule has 0 bridgehead atoms. The lowest BCUT2D eigenvalue weighted by atomic mass is 10.0. The van der Waals surface area contributed by atoms with E-state index in [4.69, 9.17) is 9.84 Å². The fourth-order valence-electron chi connectivity index (χ4n) is 1.82. The maximum atomic E-state index is 11.0. The third-order valence-electron chi connectivity index (χ3n) is 2.74. The number of aryl methyl sites for hydroxylation is 1. The van der Waals surface area contributed by atoms with E-state index in [0.29, 0.717) is 0 Å². The number of nitrogens with one attached hydrogen (secondary N) is 1. The normalized spacial score (nSPS) is 14.3. The van der Waals surface area contributed by atoms with Gasteiger partial charge >= 0.3 is 5.97 Å². The Hall–Kier alpha value is -1.39. The third-order valence-corrected chi connectivity index (χ3v) is 2.74. The van der Waals surface area contributed by atoms with E-state index in [9.17, 15) is 4.79 Å². The van der Waals surface area contributed by atoms with Gasteiger partial charge in [0.05, 0.1) is 6.61 Å². The molecule has 0 amide bonds. The van der Waals surface area contributed by atoms with Gasteiger partial charge in [0.25, 0.3) is 0 Å². The van der Waals surface area contributed by atoms with Gasteiger partial charge < -0.3 is 9.84 Å². The van der Waals surface area contributed by atoms with Crippen molar-refractivity contribution in [1.29, 1.82) is 0 Å². The Morgan fingerprint density at radius 3 is 2.65 bits per heavy atom. The van der Waals surface area contributed by atoms with E-state index >= 15 is 0 Å². The second kappa shape index (κ2) is 6.37. The minimum Gasteiger partial charge on any atom is -0.480 e. The summed E-state index contributed by atoms with van der Waals surface area (Å²) in [7, 11) is 1.50. The van der Waals surface area contributed by atoms with E-state index < -0.39 is 12.0 Å². The van der Waals surface area contributed by atoms with Crippen LogP contribution in [0.4, 0.5) is 0 Å². The fraction of sp³-hybridized carbons (Fsp3) is 0.462. The van der Waals surface area contributed by atoms with Crippen molar-refractivity contribution in [2.24, 2.45) is 0 Å². The number of carbonyl (C=O) groups is 1. The lowest BCUT2D eigenvalue weighted by molar-refractivity contribution is -0.141. The summed E-state index contributed by atoms with van der Waals surface area (Å²) < 4.78 is 4.89. The number of carboxylic acids is 1. The van der Waals surface area contributed by atoms with Crippen LogP contribution in [0.2, 0.25) is 0 Å². The maximum absolute atomic E-state index is 11.0. The maximum Gasteiger partial charge on any atom is 0.323 e. The summed E-state index contributed by atoms with van der Waals surface area (Å²) in [6.07, 6.45) is 0. The minimum atomic E-state index is -0.896. The zero-order valence-corrected chi connectivity index (χ0v) is 10.4. The van der Waals surface area contributed by atoms with Gasteiger partial charge in [-0.1, -0.05) is 24.3 Å². The van der Waals surface area contributed by atoms with Crippen molar-refractivity contribution in [3.8, 4) is 0 Å². The van der Waals surface area contributed by atoms with Crippen LogP contribution in [0.25, 0.3) is 0 Å². The summed E-state index contributed by atoms with van der Waals surface area (Å²) in [5, 5.41) is 12.1. The number of benzene rings is 1. The summed E-state index contributed by atoms with van der Waals surface area (Å²) in [6, 6.07) is 7.22. The average Bonchev–Trinajstić information content (AvgIpc) is 2.28. The number of rotatable bonds is 6. The van der Waals surface area contributed by atoms with Crippen LogP contribution in [0, 0.1) is 6.92 Å². The van der Waals surface area contributed by atoms with Gasteiger partial charge in [0, 0.05) is 13.2 Å². The molecule has 2 atom stereocenters. The predicted octanol–water partition coefficient (Wildman–Crippen LogP) is 1.75. The number of ether oxygens (including phenoxy) is 1. The average molecular weight is 237 g/mol.